The number of benzene rings is 1. The molecule has 0 aliphatic rings. The SMILES string of the molecule is Cc1cccc(CC(C)(C)C)[n+]1NC(=O)c1ccccc1. The van der Waals surface area contributed by atoms with Gasteiger partial charge in [-0.15, -0.1) is 5.43 Å². The lowest BCUT2D eigenvalue weighted by atomic mass is 9.90. The highest BCUT2D eigenvalue weighted by Gasteiger charge is 2.23. The van der Waals surface area contributed by atoms with Gasteiger partial charge in [0.25, 0.3) is 0 Å². The van der Waals surface area contributed by atoms with Crippen LogP contribution in [0.5, 0.6) is 0 Å². The van der Waals surface area contributed by atoms with Gasteiger partial charge in [0, 0.05) is 31.0 Å². The molecule has 1 N–H and O–H groups in total. The lowest BCUT2D eigenvalue weighted by Gasteiger charge is -2.17. The van der Waals surface area contributed by atoms with Gasteiger partial charge >= 0.3 is 5.91 Å². The first-order valence-corrected chi connectivity index (χ1v) is 7.24. The van der Waals surface area contributed by atoms with Crippen molar-refractivity contribution in [2.75, 3.05) is 5.43 Å². The normalized spacial score (nSPS) is 11.2. The molecule has 0 radical (unpaired) electrons. The monoisotopic (exact) mass is 283 g/mol. The zero-order valence-electron chi connectivity index (χ0n) is 13.2. The molecule has 0 atom stereocenters. The first kappa shape index (κ1) is 15.2. The van der Waals surface area contributed by atoms with E-state index in [1.54, 1.807) is 0 Å². The number of hydrogen-bond donors (Lipinski definition) is 1. The van der Waals surface area contributed by atoms with Crippen LogP contribution >= 0.6 is 0 Å². The third-order valence-corrected chi connectivity index (χ3v) is 3.23. The molecule has 0 unspecified atom stereocenters. The van der Waals surface area contributed by atoms with Crippen LogP contribution in [0.2, 0.25) is 0 Å². The van der Waals surface area contributed by atoms with Crippen LogP contribution in [0.3, 0.4) is 0 Å². The Kier molecular flexibility index (Phi) is 4.41. The van der Waals surface area contributed by atoms with E-state index in [4.69, 9.17) is 0 Å². The van der Waals surface area contributed by atoms with E-state index in [0.29, 0.717) is 5.56 Å². The fourth-order valence-corrected chi connectivity index (χ4v) is 2.27. The van der Waals surface area contributed by atoms with Crippen molar-refractivity contribution in [3.8, 4) is 0 Å². The third-order valence-electron chi connectivity index (χ3n) is 3.23. The fraction of sp³-hybridized carbons (Fsp3) is 0.333. The molecule has 2 rings (SSSR count). The predicted molar refractivity (Wildman–Crippen MR) is 84.7 cm³/mol. The zero-order valence-corrected chi connectivity index (χ0v) is 13.2. The number of pyridine rings is 1. The molecule has 110 valence electrons. The summed E-state index contributed by atoms with van der Waals surface area (Å²) in [6.45, 7) is 8.58. The molecular weight excluding hydrogens is 260 g/mol. The van der Waals surface area contributed by atoms with Crippen LogP contribution in [-0.4, -0.2) is 5.91 Å². The molecule has 0 fully saturated rings. The van der Waals surface area contributed by atoms with Crippen LogP contribution in [0.15, 0.2) is 48.5 Å². The predicted octanol–water partition coefficient (Wildman–Crippen LogP) is 3.26. The molecular formula is C18H23N2O+. The number of hydrogen-bond acceptors (Lipinski definition) is 1. The molecule has 0 aliphatic heterocycles. The standard InChI is InChI=1S/C18H22N2O/c1-14-9-8-12-16(13-18(2,3)4)20(14)19-17(21)15-10-6-5-7-11-15/h5-12H,13H2,1-4H3/p+1. The first-order valence-electron chi connectivity index (χ1n) is 7.24. The molecule has 3 nitrogen and oxygen atoms in total. The van der Waals surface area contributed by atoms with Crippen LogP contribution in [0.1, 0.15) is 42.5 Å². The number of amides is 1. The molecule has 0 saturated heterocycles. The summed E-state index contributed by atoms with van der Waals surface area (Å²) in [5, 5.41) is 0. The quantitative estimate of drug-likeness (QED) is 0.862. The Morgan fingerprint density at radius 2 is 1.71 bits per heavy atom. The van der Waals surface area contributed by atoms with Crippen LogP contribution < -0.4 is 10.1 Å². The summed E-state index contributed by atoms with van der Waals surface area (Å²) >= 11 is 0. The van der Waals surface area contributed by atoms with Gasteiger partial charge in [0.15, 0.2) is 0 Å². The van der Waals surface area contributed by atoms with Crippen molar-refractivity contribution >= 4 is 5.91 Å². The molecule has 2 aromatic rings. The summed E-state index contributed by atoms with van der Waals surface area (Å²) in [6.07, 6.45) is 0.893. The molecule has 21 heavy (non-hydrogen) atoms. The maximum absolute atomic E-state index is 12.4. The molecule has 0 aliphatic carbocycles. The lowest BCUT2D eigenvalue weighted by molar-refractivity contribution is -0.656. The second kappa shape index (κ2) is 6.08. The average molecular weight is 283 g/mol. The smallest absolute Gasteiger partial charge is 0.264 e. The van der Waals surface area contributed by atoms with E-state index < -0.39 is 0 Å². The van der Waals surface area contributed by atoms with Crippen LogP contribution in [0.4, 0.5) is 0 Å². The molecule has 1 amide bonds. The Labute approximate surface area is 126 Å². The van der Waals surface area contributed by atoms with Crippen LogP contribution in [0.25, 0.3) is 0 Å². The largest absolute Gasteiger partial charge is 0.305 e. The molecule has 1 aromatic heterocycles. The minimum atomic E-state index is -0.0925. The molecule has 0 saturated carbocycles. The molecule has 1 aromatic carbocycles. The summed E-state index contributed by atoms with van der Waals surface area (Å²) < 4.78 is 1.89. The van der Waals surface area contributed by atoms with Crippen LogP contribution in [-0.2, 0) is 6.42 Å². The van der Waals surface area contributed by atoms with Gasteiger partial charge in [0.1, 0.15) is 0 Å². The van der Waals surface area contributed by atoms with E-state index in [2.05, 4.69) is 32.3 Å². The number of nitrogens with one attached hydrogen (secondary N) is 1. The second-order valence-corrected chi connectivity index (χ2v) is 6.54. The van der Waals surface area contributed by atoms with E-state index >= 15 is 0 Å². The van der Waals surface area contributed by atoms with Crippen LogP contribution in [0, 0.1) is 12.3 Å². The maximum atomic E-state index is 12.4. The number of aryl methyl sites for hydroxylation is 1. The minimum absolute atomic E-state index is 0.0925. The summed E-state index contributed by atoms with van der Waals surface area (Å²) in [5.74, 6) is -0.0925. The fourth-order valence-electron chi connectivity index (χ4n) is 2.27. The van der Waals surface area contributed by atoms with E-state index in [1.807, 2.05) is 54.1 Å². The second-order valence-electron chi connectivity index (χ2n) is 6.54. The lowest BCUT2D eigenvalue weighted by Crippen LogP contribution is -2.54. The van der Waals surface area contributed by atoms with Crippen molar-refractivity contribution in [1.29, 1.82) is 0 Å². The Bertz CT molecular complexity index is 627. The molecule has 0 bridgehead atoms. The third kappa shape index (κ3) is 4.15. The topological polar surface area (TPSA) is 33.0 Å². The van der Waals surface area contributed by atoms with Gasteiger partial charge in [-0.3, -0.25) is 4.79 Å². The van der Waals surface area contributed by atoms with Crippen molar-refractivity contribution in [2.45, 2.75) is 34.1 Å². The summed E-state index contributed by atoms with van der Waals surface area (Å²) in [4.78, 5) is 12.4. The van der Waals surface area contributed by atoms with E-state index in [-0.39, 0.29) is 11.3 Å². The Morgan fingerprint density at radius 1 is 1.05 bits per heavy atom. The van der Waals surface area contributed by atoms with Gasteiger partial charge in [-0.05, 0) is 23.6 Å². The van der Waals surface area contributed by atoms with E-state index in [9.17, 15) is 4.79 Å². The number of carbonyl (C=O) groups excluding carboxylic acids is 1. The average Bonchev–Trinajstić information content (AvgIpc) is 2.42. The Morgan fingerprint density at radius 3 is 2.33 bits per heavy atom. The highest BCUT2D eigenvalue weighted by Crippen LogP contribution is 2.18. The van der Waals surface area contributed by atoms with Crippen molar-refractivity contribution in [2.24, 2.45) is 5.41 Å². The molecule has 1 heterocycles. The van der Waals surface area contributed by atoms with Gasteiger partial charge < -0.3 is 0 Å². The van der Waals surface area contributed by atoms with Crippen molar-refractivity contribution < 1.29 is 9.47 Å². The van der Waals surface area contributed by atoms with Gasteiger partial charge in [-0.1, -0.05) is 43.6 Å². The molecule has 3 heteroatoms. The summed E-state index contributed by atoms with van der Waals surface area (Å²) in [6, 6.07) is 15.4. The van der Waals surface area contributed by atoms with Crippen molar-refractivity contribution in [1.82, 2.24) is 0 Å². The highest BCUT2D eigenvalue weighted by atomic mass is 16.2. The van der Waals surface area contributed by atoms with Gasteiger partial charge in [0.05, 0.1) is 0 Å². The first-order chi connectivity index (χ1) is 9.87. The number of carbonyl (C=O) groups is 1. The Hall–Kier alpha value is -2.16. The van der Waals surface area contributed by atoms with Gasteiger partial charge in [-0.2, -0.15) is 0 Å². The number of rotatable bonds is 3. The van der Waals surface area contributed by atoms with Gasteiger partial charge in [0.2, 0.25) is 11.4 Å². The number of aromatic nitrogens is 1. The highest BCUT2D eigenvalue weighted by molar-refractivity contribution is 5.98. The summed E-state index contributed by atoms with van der Waals surface area (Å²) in [5.41, 5.74) is 5.94. The van der Waals surface area contributed by atoms with Gasteiger partial charge in [-0.25, -0.2) is 0 Å². The number of nitrogens with zero attached hydrogens (tertiary/aromatic N) is 1. The Balaban J connectivity index is 2.29. The zero-order chi connectivity index (χ0) is 15.5. The van der Waals surface area contributed by atoms with E-state index in [0.717, 1.165) is 17.8 Å². The van der Waals surface area contributed by atoms with Crippen molar-refractivity contribution in [3.63, 3.8) is 0 Å². The van der Waals surface area contributed by atoms with E-state index in [1.165, 1.54) is 0 Å². The van der Waals surface area contributed by atoms with Crippen molar-refractivity contribution in [3.05, 3.63) is 65.5 Å². The summed E-state index contributed by atoms with van der Waals surface area (Å²) in [7, 11) is 0. The molecule has 0 spiro atoms. The maximum Gasteiger partial charge on any atom is 0.305 e. The minimum Gasteiger partial charge on any atom is -0.264 e.